The van der Waals surface area contributed by atoms with Gasteiger partial charge >= 0.3 is 0 Å². The molecule has 2 aromatic carbocycles. The fourth-order valence-electron chi connectivity index (χ4n) is 4.08. The lowest BCUT2D eigenvalue weighted by Gasteiger charge is -2.05. The number of aryl methyl sites for hydroxylation is 1. The molecule has 2 aromatic rings. The molecule has 2 rings (SSSR count). The molecule has 0 aliphatic heterocycles. The van der Waals surface area contributed by atoms with Gasteiger partial charge in [-0.25, -0.2) is 0 Å². The average Bonchev–Trinajstić information content (AvgIpc) is 2.73. The fraction of sp³-hybridized carbons (Fsp3) is 0.571. The molecule has 0 aliphatic carbocycles. The van der Waals surface area contributed by atoms with Crippen LogP contribution in [0.3, 0.4) is 0 Å². The highest BCUT2D eigenvalue weighted by atomic mass is 14.0. The van der Waals surface area contributed by atoms with E-state index >= 15 is 0 Å². The van der Waals surface area contributed by atoms with Gasteiger partial charge in [0.1, 0.15) is 0 Å². The number of rotatable bonds is 16. The summed E-state index contributed by atoms with van der Waals surface area (Å²) in [5.74, 6) is 0. The van der Waals surface area contributed by atoms with Crippen molar-refractivity contribution in [1.29, 1.82) is 0 Å². The quantitative estimate of drug-likeness (QED) is 0.201. The van der Waals surface area contributed by atoms with Crippen molar-refractivity contribution in [3.05, 3.63) is 60.2 Å². The van der Waals surface area contributed by atoms with E-state index in [9.17, 15) is 0 Å². The molecule has 0 atom stereocenters. The van der Waals surface area contributed by atoms with E-state index in [-0.39, 0.29) is 0 Å². The highest BCUT2D eigenvalue weighted by Crippen LogP contribution is 2.20. The Hall–Kier alpha value is -1.56. The third-order valence-corrected chi connectivity index (χ3v) is 5.84. The van der Waals surface area contributed by atoms with Gasteiger partial charge < -0.3 is 0 Å². The molecule has 0 heteroatoms. The molecule has 154 valence electrons. The topological polar surface area (TPSA) is 0 Å². The lowest BCUT2D eigenvalue weighted by Crippen LogP contribution is -1.87. The van der Waals surface area contributed by atoms with Crippen molar-refractivity contribution in [3.63, 3.8) is 0 Å². The molecule has 0 unspecified atom stereocenters. The van der Waals surface area contributed by atoms with Crippen LogP contribution in [0.25, 0.3) is 10.8 Å². The third kappa shape index (κ3) is 9.58. The van der Waals surface area contributed by atoms with Crippen LogP contribution < -0.4 is 0 Å². The molecule has 0 heterocycles. The van der Waals surface area contributed by atoms with E-state index in [1.54, 1.807) is 0 Å². The summed E-state index contributed by atoms with van der Waals surface area (Å²) in [5.41, 5.74) is 1.50. The first kappa shape index (κ1) is 22.7. The second-order valence-corrected chi connectivity index (χ2v) is 8.33. The van der Waals surface area contributed by atoms with E-state index in [1.165, 1.54) is 113 Å². The highest BCUT2D eigenvalue weighted by molar-refractivity contribution is 5.85. The van der Waals surface area contributed by atoms with Crippen molar-refractivity contribution >= 4 is 10.8 Å². The molecule has 28 heavy (non-hydrogen) atoms. The molecule has 0 amide bonds. The number of hydrogen-bond donors (Lipinski definition) is 0. The van der Waals surface area contributed by atoms with Gasteiger partial charge in [0.25, 0.3) is 0 Å². The minimum absolute atomic E-state index is 1.18. The van der Waals surface area contributed by atoms with Crippen LogP contribution in [0, 0.1) is 0 Å². The summed E-state index contributed by atoms with van der Waals surface area (Å²) in [7, 11) is 0. The Morgan fingerprint density at radius 2 is 1.14 bits per heavy atom. The van der Waals surface area contributed by atoms with Gasteiger partial charge in [-0.05, 0) is 48.4 Å². The van der Waals surface area contributed by atoms with Gasteiger partial charge in [-0.1, -0.05) is 126 Å². The molecule has 0 aliphatic rings. The molecule has 0 saturated heterocycles. The molecule has 0 saturated carbocycles. The van der Waals surface area contributed by atoms with E-state index in [2.05, 4.69) is 61.5 Å². The molecule has 0 nitrogen and oxygen atoms in total. The smallest absolute Gasteiger partial charge is 0.0152 e. The summed E-state index contributed by atoms with van der Waals surface area (Å²) < 4.78 is 0. The predicted octanol–water partition coefficient (Wildman–Crippen LogP) is 9.42. The van der Waals surface area contributed by atoms with Crippen molar-refractivity contribution in [2.45, 2.75) is 103 Å². The normalized spacial score (nSPS) is 11.6. The Morgan fingerprint density at radius 3 is 1.86 bits per heavy atom. The van der Waals surface area contributed by atoms with Crippen LogP contribution in [0.4, 0.5) is 0 Å². The maximum Gasteiger partial charge on any atom is -0.0152 e. The minimum Gasteiger partial charge on any atom is -0.0885 e. The second-order valence-electron chi connectivity index (χ2n) is 8.33. The van der Waals surface area contributed by atoms with Crippen LogP contribution in [0.1, 0.15) is 102 Å². The maximum absolute atomic E-state index is 2.41. The van der Waals surface area contributed by atoms with Crippen LogP contribution >= 0.6 is 0 Å². The first-order valence-electron chi connectivity index (χ1n) is 12.0. The number of unbranched alkanes of at least 4 members (excludes halogenated alkanes) is 12. The zero-order valence-corrected chi connectivity index (χ0v) is 18.3. The van der Waals surface area contributed by atoms with Crippen molar-refractivity contribution in [1.82, 2.24) is 0 Å². The first-order valence-corrected chi connectivity index (χ1v) is 12.0. The monoisotopic (exact) mass is 378 g/mol. The Morgan fingerprint density at radius 1 is 0.571 bits per heavy atom. The Bertz CT molecular complexity index is 647. The predicted molar refractivity (Wildman–Crippen MR) is 127 cm³/mol. The Kier molecular flexibility index (Phi) is 12.5. The molecule has 0 N–H and O–H groups in total. The summed E-state index contributed by atoms with van der Waals surface area (Å²) in [6.07, 6.45) is 25.5. The SMILES string of the molecule is CCCCCCCCCCCCC/C=C/CCCc1cccc2ccccc12. The summed E-state index contributed by atoms with van der Waals surface area (Å²) in [5, 5.41) is 2.79. The summed E-state index contributed by atoms with van der Waals surface area (Å²) in [6, 6.07) is 15.5. The second kappa shape index (κ2) is 15.4. The van der Waals surface area contributed by atoms with E-state index in [4.69, 9.17) is 0 Å². The third-order valence-electron chi connectivity index (χ3n) is 5.84. The molecule has 0 radical (unpaired) electrons. The Labute approximate surface area is 174 Å². The number of fused-ring (bicyclic) bond motifs is 1. The first-order chi connectivity index (χ1) is 13.9. The van der Waals surface area contributed by atoms with Crippen LogP contribution in [-0.4, -0.2) is 0 Å². The highest BCUT2D eigenvalue weighted by Gasteiger charge is 1.99. The standard InChI is InChI=1S/C28H42/c1-2-3-4-5-6-7-8-9-10-11-12-13-14-15-16-17-21-26-23-20-24-27-22-18-19-25-28(26)27/h14-15,18-20,22-25H,2-13,16-17,21H2,1H3/b15-14+. The molecule has 0 spiro atoms. The Balaban J connectivity index is 1.42. The van der Waals surface area contributed by atoms with E-state index in [0.29, 0.717) is 0 Å². The minimum atomic E-state index is 1.18. The van der Waals surface area contributed by atoms with Gasteiger partial charge in [0.2, 0.25) is 0 Å². The largest absolute Gasteiger partial charge is 0.0885 e. The summed E-state index contributed by atoms with van der Waals surface area (Å²) >= 11 is 0. The molecule has 0 aromatic heterocycles. The van der Waals surface area contributed by atoms with Crippen LogP contribution in [0.5, 0.6) is 0 Å². The molecule has 0 bridgehead atoms. The van der Waals surface area contributed by atoms with Gasteiger partial charge in [0, 0.05) is 0 Å². The molecular formula is C28H42. The number of allylic oxidation sites excluding steroid dienone is 2. The van der Waals surface area contributed by atoms with Crippen molar-refractivity contribution in [2.24, 2.45) is 0 Å². The van der Waals surface area contributed by atoms with E-state index in [1.807, 2.05) is 0 Å². The van der Waals surface area contributed by atoms with Crippen molar-refractivity contribution in [2.75, 3.05) is 0 Å². The van der Waals surface area contributed by atoms with E-state index in [0.717, 1.165) is 0 Å². The van der Waals surface area contributed by atoms with Gasteiger partial charge in [-0.3, -0.25) is 0 Å². The average molecular weight is 379 g/mol. The van der Waals surface area contributed by atoms with Gasteiger partial charge in [0.15, 0.2) is 0 Å². The van der Waals surface area contributed by atoms with Crippen LogP contribution in [-0.2, 0) is 6.42 Å². The van der Waals surface area contributed by atoms with Crippen molar-refractivity contribution < 1.29 is 0 Å². The van der Waals surface area contributed by atoms with Gasteiger partial charge in [0.05, 0.1) is 0 Å². The van der Waals surface area contributed by atoms with E-state index < -0.39 is 0 Å². The van der Waals surface area contributed by atoms with Crippen LogP contribution in [0.2, 0.25) is 0 Å². The van der Waals surface area contributed by atoms with Crippen LogP contribution in [0.15, 0.2) is 54.6 Å². The van der Waals surface area contributed by atoms with Gasteiger partial charge in [-0.2, -0.15) is 0 Å². The molecule has 0 fully saturated rings. The van der Waals surface area contributed by atoms with Gasteiger partial charge in [-0.15, -0.1) is 0 Å². The lowest BCUT2D eigenvalue weighted by molar-refractivity contribution is 0.550. The number of benzene rings is 2. The fourth-order valence-corrected chi connectivity index (χ4v) is 4.08. The zero-order valence-electron chi connectivity index (χ0n) is 18.3. The maximum atomic E-state index is 2.41. The summed E-state index contributed by atoms with van der Waals surface area (Å²) in [6.45, 7) is 2.29. The number of hydrogen-bond acceptors (Lipinski definition) is 0. The zero-order chi connectivity index (χ0) is 19.7. The summed E-state index contributed by atoms with van der Waals surface area (Å²) in [4.78, 5) is 0. The molecular weight excluding hydrogens is 336 g/mol. The van der Waals surface area contributed by atoms with Crippen molar-refractivity contribution in [3.8, 4) is 0 Å². The lowest BCUT2D eigenvalue weighted by atomic mass is 10.00.